The number of rotatable bonds is 18. The monoisotopic (exact) mass is 615 g/mol. The fraction of sp³-hybridized carbons (Fsp3) is 0.500. The Labute approximate surface area is 253 Å². The summed E-state index contributed by atoms with van der Waals surface area (Å²) in [4.78, 5) is 76.3. The molecule has 16 heteroatoms. The number of aliphatic carboxylic acids is 3. The Balaban J connectivity index is 1.59. The number of nitrogens with one attached hydrogen (secondary N) is 1. The van der Waals surface area contributed by atoms with Gasteiger partial charge in [0.05, 0.1) is 19.3 Å². The molecule has 2 heterocycles. The van der Waals surface area contributed by atoms with E-state index in [1.54, 1.807) is 4.90 Å². The van der Waals surface area contributed by atoms with Gasteiger partial charge in [0, 0.05) is 58.7 Å². The molecular formula is C28H37N7O9. The van der Waals surface area contributed by atoms with Crippen molar-refractivity contribution in [2.45, 2.75) is 45.1 Å². The minimum absolute atomic E-state index is 0.0184. The van der Waals surface area contributed by atoms with E-state index in [-0.39, 0.29) is 88.1 Å². The smallest absolute Gasteiger partial charge is 0.306 e. The quantitative estimate of drug-likeness (QED) is 0.173. The van der Waals surface area contributed by atoms with E-state index in [9.17, 15) is 24.0 Å². The number of esters is 1. The number of carbonyl (C=O) groups excluding carboxylic acids is 2. The first-order chi connectivity index (χ1) is 21.1. The molecular weight excluding hydrogens is 578 g/mol. The van der Waals surface area contributed by atoms with E-state index in [1.165, 1.54) is 4.90 Å². The first-order valence-electron chi connectivity index (χ1n) is 14.2. The molecule has 16 nitrogen and oxygen atoms in total. The molecule has 0 bridgehead atoms. The summed E-state index contributed by atoms with van der Waals surface area (Å²) in [5.74, 6) is -3.33. The standard InChI is InChI=1S/C28H37N7O9/c36-21(7-4-8-25(43)44-19-20-5-2-1-3-6-20)33-15-17-35(18-16-33)28-31-26(29-12-9-22(37)38)30-27(32-28)34(13-10-23(39)40)14-11-24(41)42/h1-3,5-6H,4,7-19H2,(H,37,38)(H,39,40)(H,41,42)(H,29,30,31,32). The minimum atomic E-state index is -1.08. The van der Waals surface area contributed by atoms with E-state index in [4.69, 9.17) is 20.1 Å². The van der Waals surface area contributed by atoms with Crippen molar-refractivity contribution in [1.82, 2.24) is 19.9 Å². The maximum atomic E-state index is 12.8. The summed E-state index contributed by atoms with van der Waals surface area (Å²) in [7, 11) is 0. The van der Waals surface area contributed by atoms with Crippen LogP contribution in [0.3, 0.4) is 0 Å². The molecule has 1 amide bonds. The second kappa shape index (κ2) is 17.2. The zero-order valence-electron chi connectivity index (χ0n) is 24.3. The van der Waals surface area contributed by atoms with Gasteiger partial charge in [-0.1, -0.05) is 30.3 Å². The van der Waals surface area contributed by atoms with Crippen LogP contribution in [0.1, 0.15) is 44.1 Å². The van der Waals surface area contributed by atoms with Crippen LogP contribution in [-0.4, -0.2) is 111 Å². The highest BCUT2D eigenvalue weighted by atomic mass is 16.5. The molecule has 2 aromatic rings. The third-order valence-electron chi connectivity index (χ3n) is 6.64. The zero-order valence-corrected chi connectivity index (χ0v) is 24.3. The zero-order chi connectivity index (χ0) is 31.9. The predicted octanol–water partition coefficient (Wildman–Crippen LogP) is 1.08. The number of carboxylic acid groups (broad SMARTS) is 3. The van der Waals surface area contributed by atoms with E-state index in [0.717, 1.165) is 5.56 Å². The van der Waals surface area contributed by atoms with Crippen molar-refractivity contribution >= 4 is 47.6 Å². The number of carbonyl (C=O) groups is 5. The second-order valence-electron chi connectivity index (χ2n) is 9.97. The van der Waals surface area contributed by atoms with Crippen LogP contribution >= 0.6 is 0 Å². The maximum Gasteiger partial charge on any atom is 0.306 e. The lowest BCUT2D eigenvalue weighted by Gasteiger charge is -2.35. The number of piperazine rings is 1. The number of hydrogen-bond acceptors (Lipinski definition) is 12. The first kappa shape index (κ1) is 33.5. The van der Waals surface area contributed by atoms with Crippen LogP contribution in [0.15, 0.2) is 30.3 Å². The van der Waals surface area contributed by atoms with Crippen LogP contribution in [0.5, 0.6) is 0 Å². The molecule has 1 saturated heterocycles. The van der Waals surface area contributed by atoms with Crippen molar-refractivity contribution < 1.29 is 44.0 Å². The van der Waals surface area contributed by atoms with Gasteiger partial charge in [0.1, 0.15) is 6.61 Å². The normalized spacial score (nSPS) is 12.8. The Bertz CT molecular complexity index is 1270. The molecule has 44 heavy (non-hydrogen) atoms. The number of benzene rings is 1. The average Bonchev–Trinajstić information content (AvgIpc) is 3.00. The number of hydrogen-bond donors (Lipinski definition) is 4. The largest absolute Gasteiger partial charge is 0.481 e. The Kier molecular flexibility index (Phi) is 13.1. The van der Waals surface area contributed by atoms with Crippen molar-refractivity contribution in [3.63, 3.8) is 0 Å². The summed E-state index contributed by atoms with van der Waals surface area (Å²) in [6.07, 6.45) is -0.0942. The number of carboxylic acids is 3. The lowest BCUT2D eigenvalue weighted by Crippen LogP contribution is -2.49. The van der Waals surface area contributed by atoms with Gasteiger partial charge in [-0.2, -0.15) is 15.0 Å². The number of anilines is 3. The molecule has 3 rings (SSSR count). The highest BCUT2D eigenvalue weighted by Gasteiger charge is 2.25. The van der Waals surface area contributed by atoms with Gasteiger partial charge >= 0.3 is 23.9 Å². The third-order valence-corrected chi connectivity index (χ3v) is 6.64. The van der Waals surface area contributed by atoms with Gasteiger partial charge in [0.25, 0.3) is 0 Å². The van der Waals surface area contributed by atoms with Gasteiger partial charge in [-0.05, 0) is 12.0 Å². The molecule has 0 aliphatic carbocycles. The van der Waals surface area contributed by atoms with Gasteiger partial charge in [0.2, 0.25) is 23.8 Å². The van der Waals surface area contributed by atoms with Crippen LogP contribution in [0.4, 0.5) is 17.8 Å². The summed E-state index contributed by atoms with van der Waals surface area (Å²) in [5, 5.41) is 30.1. The van der Waals surface area contributed by atoms with Gasteiger partial charge in [0.15, 0.2) is 0 Å². The molecule has 1 aromatic heterocycles. The topological polar surface area (TPSA) is 216 Å². The molecule has 238 valence electrons. The van der Waals surface area contributed by atoms with Crippen molar-refractivity contribution in [3.8, 4) is 0 Å². The highest BCUT2D eigenvalue weighted by Crippen LogP contribution is 2.20. The average molecular weight is 616 g/mol. The number of aromatic nitrogens is 3. The molecule has 1 aromatic carbocycles. The summed E-state index contributed by atoms with van der Waals surface area (Å²) < 4.78 is 5.26. The maximum absolute atomic E-state index is 12.8. The minimum Gasteiger partial charge on any atom is -0.481 e. The molecule has 0 unspecified atom stereocenters. The van der Waals surface area contributed by atoms with Crippen molar-refractivity contribution in [3.05, 3.63) is 35.9 Å². The van der Waals surface area contributed by atoms with Crippen LogP contribution in [0, 0.1) is 0 Å². The van der Waals surface area contributed by atoms with Gasteiger partial charge in [-0.25, -0.2) is 0 Å². The summed E-state index contributed by atoms with van der Waals surface area (Å²) >= 11 is 0. The van der Waals surface area contributed by atoms with E-state index in [1.807, 2.05) is 35.2 Å². The third kappa shape index (κ3) is 11.7. The van der Waals surface area contributed by atoms with Crippen LogP contribution < -0.4 is 15.1 Å². The molecule has 0 radical (unpaired) electrons. The Morgan fingerprint density at radius 2 is 1.43 bits per heavy atom. The summed E-state index contributed by atoms with van der Waals surface area (Å²) in [5.41, 5.74) is 0.886. The first-order valence-corrected chi connectivity index (χ1v) is 14.2. The van der Waals surface area contributed by atoms with E-state index >= 15 is 0 Å². The van der Waals surface area contributed by atoms with Crippen LogP contribution in [-0.2, 0) is 35.3 Å². The number of ether oxygens (including phenoxy) is 1. The van der Waals surface area contributed by atoms with Crippen LogP contribution in [0.2, 0.25) is 0 Å². The predicted molar refractivity (Wildman–Crippen MR) is 156 cm³/mol. The molecule has 0 spiro atoms. The van der Waals surface area contributed by atoms with Crippen molar-refractivity contribution in [2.75, 3.05) is 60.9 Å². The number of nitrogens with zero attached hydrogens (tertiary/aromatic N) is 6. The lowest BCUT2D eigenvalue weighted by atomic mass is 10.2. The van der Waals surface area contributed by atoms with Gasteiger partial charge < -0.3 is 40.1 Å². The fourth-order valence-electron chi connectivity index (χ4n) is 4.28. The highest BCUT2D eigenvalue weighted by molar-refractivity contribution is 5.77. The molecule has 0 atom stereocenters. The molecule has 4 N–H and O–H groups in total. The Hall–Kier alpha value is -5.02. The van der Waals surface area contributed by atoms with E-state index in [2.05, 4.69) is 20.3 Å². The summed E-state index contributed by atoms with van der Waals surface area (Å²) in [6.45, 7) is 1.56. The van der Waals surface area contributed by atoms with E-state index < -0.39 is 17.9 Å². The molecule has 0 saturated carbocycles. The van der Waals surface area contributed by atoms with Gasteiger partial charge in [-0.3, -0.25) is 24.0 Å². The van der Waals surface area contributed by atoms with Crippen molar-refractivity contribution in [2.24, 2.45) is 0 Å². The fourth-order valence-corrected chi connectivity index (χ4v) is 4.28. The molecule has 1 fully saturated rings. The molecule has 1 aliphatic heterocycles. The summed E-state index contributed by atoms with van der Waals surface area (Å²) in [6, 6.07) is 9.32. The Morgan fingerprint density at radius 3 is 2.05 bits per heavy atom. The SMILES string of the molecule is O=C(O)CCNc1nc(N(CCC(=O)O)CCC(=O)O)nc(N2CCN(C(=O)CCCC(=O)OCc3ccccc3)CC2)n1. The lowest BCUT2D eigenvalue weighted by molar-refractivity contribution is -0.145. The van der Waals surface area contributed by atoms with Crippen LogP contribution in [0.25, 0.3) is 0 Å². The molecule has 1 aliphatic rings. The Morgan fingerprint density at radius 1 is 0.795 bits per heavy atom. The second-order valence-corrected chi connectivity index (χ2v) is 9.97. The van der Waals surface area contributed by atoms with E-state index in [0.29, 0.717) is 32.6 Å². The van der Waals surface area contributed by atoms with Crippen molar-refractivity contribution in [1.29, 1.82) is 0 Å². The van der Waals surface area contributed by atoms with Gasteiger partial charge in [-0.15, -0.1) is 0 Å². The number of amides is 1.